The number of carbonyl (C=O) groups is 1. The third kappa shape index (κ3) is 4.52. The summed E-state index contributed by atoms with van der Waals surface area (Å²) in [6, 6.07) is 9.30. The largest absolute Gasteiger partial charge is 0.341 e. The highest BCUT2D eigenvalue weighted by molar-refractivity contribution is 7.91. The van der Waals surface area contributed by atoms with Crippen molar-refractivity contribution in [2.75, 3.05) is 37.7 Å². The van der Waals surface area contributed by atoms with Crippen molar-refractivity contribution in [1.29, 1.82) is 0 Å². The number of aromatic nitrogens is 3. The van der Waals surface area contributed by atoms with Gasteiger partial charge in [-0.3, -0.25) is 14.8 Å². The van der Waals surface area contributed by atoms with Gasteiger partial charge in [0.1, 0.15) is 11.9 Å². The van der Waals surface area contributed by atoms with Crippen LogP contribution in [0, 0.1) is 0 Å². The van der Waals surface area contributed by atoms with Crippen LogP contribution in [0.3, 0.4) is 0 Å². The summed E-state index contributed by atoms with van der Waals surface area (Å²) in [4.78, 5) is 22.3. The van der Waals surface area contributed by atoms with E-state index in [1.54, 1.807) is 0 Å². The van der Waals surface area contributed by atoms with Crippen LogP contribution in [0.25, 0.3) is 0 Å². The predicted octanol–water partition coefficient (Wildman–Crippen LogP) is 1.86. The molecule has 1 saturated carbocycles. The minimum atomic E-state index is -3.00. The first kappa shape index (κ1) is 20.6. The maximum absolute atomic E-state index is 13.6. The lowest BCUT2D eigenvalue weighted by Crippen LogP contribution is -2.50. The Morgan fingerprint density at radius 2 is 1.65 bits per heavy atom. The number of hydrogen-bond acceptors (Lipinski definition) is 6. The topological polar surface area (TPSA) is 99.3 Å². The smallest absolute Gasteiger partial charge is 0.244 e. The fourth-order valence-electron chi connectivity index (χ4n) is 4.67. The molecule has 1 atom stereocenters. The molecule has 2 aromatic rings. The first-order chi connectivity index (χ1) is 15.0. The zero-order valence-electron chi connectivity index (χ0n) is 17.6. The molecule has 0 spiro atoms. The number of piperidine rings is 1. The second kappa shape index (κ2) is 8.35. The number of aromatic amines is 1. The van der Waals surface area contributed by atoms with Gasteiger partial charge in [0.05, 0.1) is 11.5 Å². The normalized spacial score (nSPS) is 23.5. The SMILES string of the molecule is O=C(C(c1ccccc1)N1CCS(=O)(=O)CC1)N1CCC(c2nc(C3CC3)n[nH]2)CC1. The third-order valence-electron chi connectivity index (χ3n) is 6.75. The molecule has 1 aliphatic carbocycles. The van der Waals surface area contributed by atoms with Crippen LogP contribution in [-0.4, -0.2) is 77.0 Å². The molecule has 2 saturated heterocycles. The number of amides is 1. The summed E-state index contributed by atoms with van der Waals surface area (Å²) in [5.41, 5.74) is 0.929. The predicted molar refractivity (Wildman–Crippen MR) is 116 cm³/mol. The minimum absolute atomic E-state index is 0.0696. The summed E-state index contributed by atoms with van der Waals surface area (Å²) in [6.45, 7) is 2.15. The molecule has 1 unspecified atom stereocenters. The molecule has 31 heavy (non-hydrogen) atoms. The number of hydrogen-bond donors (Lipinski definition) is 1. The minimum Gasteiger partial charge on any atom is -0.341 e. The van der Waals surface area contributed by atoms with Gasteiger partial charge in [-0.15, -0.1) is 0 Å². The molecule has 3 fully saturated rings. The monoisotopic (exact) mass is 443 g/mol. The highest BCUT2D eigenvalue weighted by Gasteiger charge is 2.37. The molecule has 0 radical (unpaired) electrons. The van der Waals surface area contributed by atoms with E-state index in [1.807, 2.05) is 40.1 Å². The quantitative estimate of drug-likeness (QED) is 0.757. The van der Waals surface area contributed by atoms with Gasteiger partial charge in [0.15, 0.2) is 15.7 Å². The van der Waals surface area contributed by atoms with E-state index in [4.69, 9.17) is 4.98 Å². The average molecular weight is 444 g/mol. The lowest BCUT2D eigenvalue weighted by molar-refractivity contribution is -0.138. The van der Waals surface area contributed by atoms with Crippen molar-refractivity contribution in [1.82, 2.24) is 25.0 Å². The molecule has 3 heterocycles. The molecule has 8 nitrogen and oxygen atoms in total. The molecule has 5 rings (SSSR count). The number of likely N-dealkylation sites (tertiary alicyclic amines) is 1. The maximum Gasteiger partial charge on any atom is 0.244 e. The fourth-order valence-corrected chi connectivity index (χ4v) is 5.90. The first-order valence-electron chi connectivity index (χ1n) is 11.2. The van der Waals surface area contributed by atoms with E-state index in [0.29, 0.717) is 38.0 Å². The summed E-state index contributed by atoms with van der Waals surface area (Å²) in [5.74, 6) is 3.03. The van der Waals surface area contributed by atoms with Gasteiger partial charge in [-0.2, -0.15) is 5.10 Å². The highest BCUT2D eigenvalue weighted by Crippen LogP contribution is 2.39. The van der Waals surface area contributed by atoms with E-state index in [0.717, 1.165) is 30.1 Å². The molecule has 1 N–H and O–H groups in total. The van der Waals surface area contributed by atoms with E-state index in [-0.39, 0.29) is 17.4 Å². The van der Waals surface area contributed by atoms with Crippen LogP contribution in [0.1, 0.15) is 60.8 Å². The molecule has 1 aromatic carbocycles. The number of H-pyrrole nitrogens is 1. The third-order valence-corrected chi connectivity index (χ3v) is 8.36. The van der Waals surface area contributed by atoms with Crippen LogP contribution < -0.4 is 0 Å². The van der Waals surface area contributed by atoms with Gasteiger partial charge in [0, 0.05) is 38.0 Å². The zero-order chi connectivity index (χ0) is 21.4. The van der Waals surface area contributed by atoms with Crippen LogP contribution in [0.2, 0.25) is 0 Å². The van der Waals surface area contributed by atoms with Crippen molar-refractivity contribution >= 4 is 15.7 Å². The van der Waals surface area contributed by atoms with Crippen LogP contribution >= 0.6 is 0 Å². The van der Waals surface area contributed by atoms with Gasteiger partial charge in [0.25, 0.3) is 0 Å². The van der Waals surface area contributed by atoms with Crippen LogP contribution in [0.15, 0.2) is 30.3 Å². The van der Waals surface area contributed by atoms with E-state index < -0.39 is 15.9 Å². The number of nitrogens with one attached hydrogen (secondary N) is 1. The molecule has 0 bridgehead atoms. The summed E-state index contributed by atoms with van der Waals surface area (Å²) < 4.78 is 23.8. The number of carbonyl (C=O) groups excluding carboxylic acids is 1. The zero-order valence-corrected chi connectivity index (χ0v) is 18.4. The summed E-state index contributed by atoms with van der Waals surface area (Å²) in [6.07, 6.45) is 4.09. The molecule has 1 amide bonds. The van der Waals surface area contributed by atoms with Gasteiger partial charge < -0.3 is 4.90 Å². The van der Waals surface area contributed by atoms with Crippen molar-refractivity contribution < 1.29 is 13.2 Å². The second-order valence-electron chi connectivity index (χ2n) is 8.95. The molecule has 1 aromatic heterocycles. The van der Waals surface area contributed by atoms with E-state index in [9.17, 15) is 13.2 Å². The molecular formula is C22H29N5O3S. The van der Waals surface area contributed by atoms with Gasteiger partial charge in [0.2, 0.25) is 5.91 Å². The Kier molecular flexibility index (Phi) is 5.56. The molecule has 3 aliphatic rings. The van der Waals surface area contributed by atoms with Crippen molar-refractivity contribution in [2.45, 2.75) is 43.6 Å². The van der Waals surface area contributed by atoms with Gasteiger partial charge in [-0.05, 0) is 31.2 Å². The Morgan fingerprint density at radius 3 is 2.29 bits per heavy atom. The van der Waals surface area contributed by atoms with Crippen molar-refractivity contribution in [3.05, 3.63) is 47.5 Å². The van der Waals surface area contributed by atoms with Crippen molar-refractivity contribution in [3.63, 3.8) is 0 Å². The second-order valence-corrected chi connectivity index (χ2v) is 11.3. The Hall–Kier alpha value is -2.26. The fraction of sp³-hybridized carbons (Fsp3) is 0.591. The number of nitrogens with zero attached hydrogens (tertiary/aromatic N) is 4. The summed E-state index contributed by atoms with van der Waals surface area (Å²) in [7, 11) is -3.00. The molecular weight excluding hydrogens is 414 g/mol. The average Bonchev–Trinajstić information content (AvgIpc) is 3.52. The lowest BCUT2D eigenvalue weighted by Gasteiger charge is -2.39. The van der Waals surface area contributed by atoms with E-state index in [1.165, 1.54) is 12.8 Å². The van der Waals surface area contributed by atoms with Crippen LogP contribution in [0.4, 0.5) is 0 Å². The first-order valence-corrected chi connectivity index (χ1v) is 13.0. The number of sulfone groups is 1. The maximum atomic E-state index is 13.6. The molecule has 9 heteroatoms. The number of benzene rings is 1. The van der Waals surface area contributed by atoms with Gasteiger partial charge in [-0.25, -0.2) is 13.4 Å². The van der Waals surface area contributed by atoms with Crippen molar-refractivity contribution in [3.8, 4) is 0 Å². The van der Waals surface area contributed by atoms with Crippen LogP contribution in [0.5, 0.6) is 0 Å². The molecule has 2 aliphatic heterocycles. The standard InChI is InChI=1S/C22H29N5O3S/c28-22(19(16-4-2-1-3-5-16)26-12-14-31(29,30)15-13-26)27-10-8-18(9-11-27)21-23-20(24-25-21)17-6-7-17/h1-5,17-19H,6-15H2,(H,23,24,25). The Morgan fingerprint density at radius 1 is 0.968 bits per heavy atom. The Bertz CT molecular complexity index is 1010. The molecule has 166 valence electrons. The van der Waals surface area contributed by atoms with Gasteiger partial charge >= 0.3 is 0 Å². The Labute approximate surface area is 183 Å². The van der Waals surface area contributed by atoms with Crippen molar-refractivity contribution in [2.24, 2.45) is 0 Å². The van der Waals surface area contributed by atoms with E-state index >= 15 is 0 Å². The Balaban J connectivity index is 1.28. The summed E-state index contributed by atoms with van der Waals surface area (Å²) in [5, 5.41) is 7.50. The van der Waals surface area contributed by atoms with Crippen LogP contribution in [-0.2, 0) is 14.6 Å². The lowest BCUT2D eigenvalue weighted by atomic mass is 9.94. The number of rotatable bonds is 5. The van der Waals surface area contributed by atoms with E-state index in [2.05, 4.69) is 10.2 Å². The van der Waals surface area contributed by atoms with Gasteiger partial charge in [-0.1, -0.05) is 30.3 Å². The summed E-state index contributed by atoms with van der Waals surface area (Å²) >= 11 is 0. The highest BCUT2D eigenvalue weighted by atomic mass is 32.2.